The van der Waals surface area contributed by atoms with Crippen LogP contribution in [0.25, 0.3) is 0 Å². The Morgan fingerprint density at radius 3 is 2.14 bits per heavy atom. The van der Waals surface area contributed by atoms with Crippen molar-refractivity contribution in [3.63, 3.8) is 0 Å². The highest BCUT2D eigenvalue weighted by Gasteiger charge is 2.40. The highest BCUT2D eigenvalue weighted by Crippen LogP contribution is 2.32. The summed E-state index contributed by atoms with van der Waals surface area (Å²) in [4.78, 5) is 25.6. The lowest BCUT2D eigenvalue weighted by atomic mass is 9.96. The first-order valence-corrected chi connectivity index (χ1v) is 7.30. The van der Waals surface area contributed by atoms with Crippen molar-refractivity contribution in [2.24, 2.45) is 0 Å². The van der Waals surface area contributed by atoms with E-state index in [1.807, 2.05) is 36.4 Å². The second-order valence-electron chi connectivity index (χ2n) is 5.52. The Bertz CT molecular complexity index is 669. The fraction of sp³-hybridized carbons (Fsp3) is 0.222. The van der Waals surface area contributed by atoms with Gasteiger partial charge in [-0.15, -0.1) is 0 Å². The van der Waals surface area contributed by atoms with Crippen LogP contribution in [0.15, 0.2) is 60.7 Å². The third kappa shape index (κ3) is 2.72. The SMILES string of the molecule is O=C(O)[C@H]1C[C@@H](c2ccccc2)CN1C(=O)c1ccccc1. The molecular weight excluding hydrogens is 278 g/mol. The van der Waals surface area contributed by atoms with Gasteiger partial charge in [0.1, 0.15) is 6.04 Å². The normalized spacial score (nSPS) is 20.8. The molecule has 2 aromatic rings. The first kappa shape index (κ1) is 14.3. The molecule has 22 heavy (non-hydrogen) atoms. The standard InChI is InChI=1S/C18H17NO3/c20-17(14-9-5-2-6-10-14)19-12-15(11-16(19)18(21)22)13-7-3-1-4-8-13/h1-10,15-16H,11-12H2,(H,21,22)/t15-,16-/m1/s1. The summed E-state index contributed by atoms with van der Waals surface area (Å²) >= 11 is 0. The van der Waals surface area contributed by atoms with Crippen LogP contribution in [0.2, 0.25) is 0 Å². The number of rotatable bonds is 3. The third-order valence-electron chi connectivity index (χ3n) is 4.14. The molecule has 1 fully saturated rings. The lowest BCUT2D eigenvalue weighted by Gasteiger charge is -2.21. The van der Waals surface area contributed by atoms with E-state index in [0.717, 1.165) is 5.56 Å². The maximum atomic E-state index is 12.6. The van der Waals surface area contributed by atoms with Gasteiger partial charge in [0.2, 0.25) is 0 Å². The van der Waals surface area contributed by atoms with Crippen molar-refractivity contribution < 1.29 is 14.7 Å². The molecule has 1 N–H and O–H groups in total. The number of benzene rings is 2. The number of carboxylic acid groups (broad SMARTS) is 1. The largest absolute Gasteiger partial charge is 0.480 e. The van der Waals surface area contributed by atoms with Crippen LogP contribution < -0.4 is 0 Å². The van der Waals surface area contributed by atoms with Crippen molar-refractivity contribution in [1.82, 2.24) is 4.90 Å². The van der Waals surface area contributed by atoms with Crippen LogP contribution in [0, 0.1) is 0 Å². The van der Waals surface area contributed by atoms with Crippen molar-refractivity contribution in [1.29, 1.82) is 0 Å². The summed E-state index contributed by atoms with van der Waals surface area (Å²) < 4.78 is 0. The van der Waals surface area contributed by atoms with Crippen LogP contribution in [0.4, 0.5) is 0 Å². The number of carbonyl (C=O) groups excluding carboxylic acids is 1. The van der Waals surface area contributed by atoms with Gasteiger partial charge in [-0.25, -0.2) is 4.79 Å². The molecule has 1 amide bonds. The zero-order chi connectivity index (χ0) is 15.5. The van der Waals surface area contributed by atoms with E-state index >= 15 is 0 Å². The van der Waals surface area contributed by atoms with Gasteiger partial charge in [-0.05, 0) is 24.1 Å². The Kier molecular flexibility index (Phi) is 3.92. The quantitative estimate of drug-likeness (QED) is 0.947. The molecule has 1 aliphatic heterocycles. The molecule has 4 heteroatoms. The predicted molar refractivity (Wildman–Crippen MR) is 82.7 cm³/mol. The van der Waals surface area contributed by atoms with Gasteiger partial charge in [-0.1, -0.05) is 48.5 Å². The summed E-state index contributed by atoms with van der Waals surface area (Å²) in [5.74, 6) is -1.09. The average Bonchev–Trinajstić information content (AvgIpc) is 3.01. The zero-order valence-corrected chi connectivity index (χ0v) is 12.1. The third-order valence-corrected chi connectivity index (χ3v) is 4.14. The maximum absolute atomic E-state index is 12.6. The van der Waals surface area contributed by atoms with Gasteiger partial charge in [0.15, 0.2) is 0 Å². The zero-order valence-electron chi connectivity index (χ0n) is 12.1. The molecule has 2 aromatic carbocycles. The minimum atomic E-state index is -0.942. The van der Waals surface area contributed by atoms with Crippen LogP contribution in [-0.4, -0.2) is 34.5 Å². The van der Waals surface area contributed by atoms with Crippen LogP contribution in [0.5, 0.6) is 0 Å². The summed E-state index contributed by atoms with van der Waals surface area (Å²) in [6, 6.07) is 17.9. The van der Waals surface area contributed by atoms with E-state index in [9.17, 15) is 14.7 Å². The molecule has 1 heterocycles. The molecule has 3 rings (SSSR count). The fourth-order valence-corrected chi connectivity index (χ4v) is 3.01. The van der Waals surface area contributed by atoms with Crippen LogP contribution in [-0.2, 0) is 4.79 Å². The Morgan fingerprint density at radius 2 is 1.55 bits per heavy atom. The molecule has 0 aromatic heterocycles. The summed E-state index contributed by atoms with van der Waals surface area (Å²) in [7, 11) is 0. The van der Waals surface area contributed by atoms with Gasteiger partial charge < -0.3 is 10.0 Å². The molecule has 0 aliphatic carbocycles. The number of amides is 1. The Balaban J connectivity index is 1.86. The highest BCUT2D eigenvalue weighted by atomic mass is 16.4. The van der Waals surface area contributed by atoms with Crippen molar-refractivity contribution in [3.05, 3.63) is 71.8 Å². The Morgan fingerprint density at radius 1 is 0.955 bits per heavy atom. The molecule has 112 valence electrons. The number of aliphatic carboxylic acids is 1. The van der Waals surface area contributed by atoms with E-state index in [1.54, 1.807) is 24.3 Å². The van der Waals surface area contributed by atoms with E-state index in [1.165, 1.54) is 4.90 Å². The van der Waals surface area contributed by atoms with Gasteiger partial charge in [0.25, 0.3) is 5.91 Å². The Labute approximate surface area is 129 Å². The lowest BCUT2D eigenvalue weighted by Crippen LogP contribution is -2.40. The van der Waals surface area contributed by atoms with Gasteiger partial charge in [0, 0.05) is 18.0 Å². The molecule has 0 spiro atoms. The first-order valence-electron chi connectivity index (χ1n) is 7.30. The number of likely N-dealkylation sites (tertiary alicyclic amines) is 1. The van der Waals surface area contributed by atoms with Crippen molar-refractivity contribution >= 4 is 11.9 Å². The average molecular weight is 295 g/mol. The molecule has 0 radical (unpaired) electrons. The molecule has 0 saturated carbocycles. The van der Waals surface area contributed by atoms with Gasteiger partial charge in [-0.3, -0.25) is 4.79 Å². The molecule has 2 atom stereocenters. The predicted octanol–water partition coefficient (Wildman–Crippen LogP) is 2.77. The van der Waals surface area contributed by atoms with Crippen LogP contribution >= 0.6 is 0 Å². The molecule has 1 saturated heterocycles. The highest BCUT2D eigenvalue weighted by molar-refractivity contribution is 5.97. The fourth-order valence-electron chi connectivity index (χ4n) is 3.01. The Hall–Kier alpha value is -2.62. The van der Waals surface area contributed by atoms with Crippen molar-refractivity contribution in [2.75, 3.05) is 6.54 Å². The lowest BCUT2D eigenvalue weighted by molar-refractivity contribution is -0.141. The number of hydrogen-bond donors (Lipinski definition) is 1. The summed E-state index contributed by atoms with van der Waals surface area (Å²) in [5.41, 5.74) is 1.61. The van der Waals surface area contributed by atoms with Gasteiger partial charge in [0.05, 0.1) is 0 Å². The minimum absolute atomic E-state index is 0.0648. The van der Waals surface area contributed by atoms with Crippen molar-refractivity contribution in [3.8, 4) is 0 Å². The first-order chi connectivity index (χ1) is 10.7. The summed E-state index contributed by atoms with van der Waals surface area (Å²) in [5, 5.41) is 9.45. The number of carboxylic acids is 1. The van der Waals surface area contributed by atoms with E-state index in [-0.39, 0.29) is 11.8 Å². The summed E-state index contributed by atoms with van der Waals surface area (Å²) in [6.45, 7) is 0.439. The van der Waals surface area contributed by atoms with Crippen LogP contribution in [0.3, 0.4) is 0 Å². The number of carbonyl (C=O) groups is 2. The van der Waals surface area contributed by atoms with Gasteiger partial charge in [-0.2, -0.15) is 0 Å². The summed E-state index contributed by atoms with van der Waals surface area (Å²) in [6.07, 6.45) is 0.456. The monoisotopic (exact) mass is 295 g/mol. The topological polar surface area (TPSA) is 57.6 Å². The smallest absolute Gasteiger partial charge is 0.326 e. The van der Waals surface area contributed by atoms with Crippen molar-refractivity contribution in [2.45, 2.75) is 18.4 Å². The van der Waals surface area contributed by atoms with E-state index < -0.39 is 12.0 Å². The maximum Gasteiger partial charge on any atom is 0.326 e. The molecule has 4 nitrogen and oxygen atoms in total. The van der Waals surface area contributed by atoms with Crippen LogP contribution in [0.1, 0.15) is 28.3 Å². The van der Waals surface area contributed by atoms with Gasteiger partial charge >= 0.3 is 5.97 Å². The molecule has 0 unspecified atom stereocenters. The minimum Gasteiger partial charge on any atom is -0.480 e. The molecular formula is C18H17NO3. The molecule has 0 bridgehead atoms. The second kappa shape index (κ2) is 6.02. The van der Waals surface area contributed by atoms with E-state index in [2.05, 4.69) is 0 Å². The number of hydrogen-bond acceptors (Lipinski definition) is 2. The number of nitrogens with zero attached hydrogens (tertiary/aromatic N) is 1. The van der Waals surface area contributed by atoms with E-state index in [0.29, 0.717) is 18.5 Å². The van der Waals surface area contributed by atoms with E-state index in [4.69, 9.17) is 0 Å². The molecule has 1 aliphatic rings. The second-order valence-corrected chi connectivity index (χ2v) is 5.52.